The van der Waals surface area contributed by atoms with Crippen LogP contribution in [0.1, 0.15) is 30.0 Å². The Balaban J connectivity index is 1.42. The summed E-state index contributed by atoms with van der Waals surface area (Å²) in [6, 6.07) is 11.5. The van der Waals surface area contributed by atoms with Crippen molar-refractivity contribution in [2.45, 2.75) is 18.9 Å². The number of fused-ring (bicyclic) bond motifs is 2. The average Bonchev–Trinajstić information content (AvgIpc) is 3.22. The second-order valence-corrected chi connectivity index (χ2v) is 7.64. The maximum Gasteiger partial charge on any atom is 0.253 e. The molecule has 2 aromatic carbocycles. The summed E-state index contributed by atoms with van der Waals surface area (Å²) in [6.45, 7) is 2.13. The third kappa shape index (κ3) is 3.10. The van der Waals surface area contributed by atoms with E-state index in [4.69, 9.17) is 25.8 Å². The van der Waals surface area contributed by atoms with Crippen molar-refractivity contribution < 1.29 is 19.0 Å². The minimum Gasteiger partial charge on any atom is -0.488 e. The lowest BCUT2D eigenvalue weighted by Gasteiger charge is -2.28. The van der Waals surface area contributed by atoms with E-state index in [9.17, 15) is 4.79 Å². The van der Waals surface area contributed by atoms with Crippen LogP contribution < -0.4 is 14.2 Å². The van der Waals surface area contributed by atoms with Gasteiger partial charge in [-0.1, -0.05) is 17.7 Å². The Bertz CT molecular complexity index is 971. The van der Waals surface area contributed by atoms with Gasteiger partial charge in [0.1, 0.15) is 25.6 Å². The average molecular weight is 398 g/mol. The Kier molecular flexibility index (Phi) is 4.40. The number of nitrogens with zero attached hydrogens (tertiary/aromatic N) is 1. The first-order valence-corrected chi connectivity index (χ1v) is 9.90. The van der Waals surface area contributed by atoms with Crippen molar-refractivity contribution in [1.82, 2.24) is 4.90 Å². The van der Waals surface area contributed by atoms with Crippen LogP contribution in [0.25, 0.3) is 6.08 Å². The Morgan fingerprint density at radius 2 is 1.82 bits per heavy atom. The van der Waals surface area contributed by atoms with Gasteiger partial charge in [0.25, 0.3) is 5.91 Å². The van der Waals surface area contributed by atoms with E-state index in [1.165, 1.54) is 0 Å². The van der Waals surface area contributed by atoms with Gasteiger partial charge in [0, 0.05) is 17.1 Å². The van der Waals surface area contributed by atoms with Gasteiger partial charge in [-0.3, -0.25) is 4.79 Å². The van der Waals surface area contributed by atoms with Gasteiger partial charge in [-0.15, -0.1) is 0 Å². The van der Waals surface area contributed by atoms with Crippen LogP contribution in [0.2, 0.25) is 5.02 Å². The summed E-state index contributed by atoms with van der Waals surface area (Å²) in [5.41, 5.74) is 2.58. The lowest BCUT2D eigenvalue weighted by Crippen LogP contribution is -2.34. The Morgan fingerprint density at radius 3 is 2.71 bits per heavy atom. The number of hydrogen-bond acceptors (Lipinski definition) is 4. The highest BCUT2D eigenvalue weighted by Gasteiger charge is 2.33. The lowest BCUT2D eigenvalue weighted by molar-refractivity contribution is -0.128. The fraction of sp³-hybridized carbons (Fsp3) is 0.318. The van der Waals surface area contributed by atoms with E-state index in [0.717, 1.165) is 47.8 Å². The minimum absolute atomic E-state index is 0.0167. The molecule has 0 aliphatic carbocycles. The van der Waals surface area contributed by atoms with Gasteiger partial charge >= 0.3 is 0 Å². The minimum atomic E-state index is 0.0167. The van der Waals surface area contributed by atoms with Crippen LogP contribution in [0, 0.1) is 0 Å². The number of carbonyl (C=O) groups is 1. The first-order valence-electron chi connectivity index (χ1n) is 9.52. The van der Waals surface area contributed by atoms with Crippen molar-refractivity contribution in [2.24, 2.45) is 0 Å². The molecule has 1 saturated heterocycles. The largest absolute Gasteiger partial charge is 0.488 e. The third-order valence-corrected chi connectivity index (χ3v) is 5.66. The first kappa shape index (κ1) is 17.4. The van der Waals surface area contributed by atoms with Gasteiger partial charge in [-0.25, -0.2) is 0 Å². The number of ether oxygens (including phenoxy) is 3. The number of carbonyl (C=O) groups excluding carboxylic acids is 1. The maximum absolute atomic E-state index is 13.3. The molecule has 0 aromatic heterocycles. The van der Waals surface area contributed by atoms with Crippen molar-refractivity contribution in [3.05, 3.63) is 58.1 Å². The van der Waals surface area contributed by atoms with Crippen molar-refractivity contribution in [1.29, 1.82) is 0 Å². The summed E-state index contributed by atoms with van der Waals surface area (Å²) in [6.07, 6.45) is 3.80. The summed E-state index contributed by atoms with van der Waals surface area (Å²) in [5, 5.41) is 0.627. The molecule has 1 amide bonds. The zero-order chi connectivity index (χ0) is 19.1. The van der Waals surface area contributed by atoms with Crippen LogP contribution >= 0.6 is 11.6 Å². The van der Waals surface area contributed by atoms with Crippen LogP contribution in [0.4, 0.5) is 0 Å². The van der Waals surface area contributed by atoms with Crippen molar-refractivity contribution in [2.75, 3.05) is 26.4 Å². The molecule has 5 rings (SSSR count). The molecule has 0 N–H and O–H groups in total. The molecule has 0 unspecified atom stereocenters. The number of amides is 1. The molecule has 1 fully saturated rings. The van der Waals surface area contributed by atoms with Crippen LogP contribution in [0.5, 0.6) is 17.2 Å². The van der Waals surface area contributed by atoms with Crippen molar-refractivity contribution >= 4 is 23.6 Å². The van der Waals surface area contributed by atoms with E-state index in [1.54, 1.807) is 6.07 Å². The fourth-order valence-corrected chi connectivity index (χ4v) is 4.26. The predicted molar refractivity (Wildman–Crippen MR) is 106 cm³/mol. The molecule has 2 aromatic rings. The summed E-state index contributed by atoms with van der Waals surface area (Å²) in [4.78, 5) is 15.2. The summed E-state index contributed by atoms with van der Waals surface area (Å²) >= 11 is 6.09. The van der Waals surface area contributed by atoms with Crippen LogP contribution in [-0.2, 0) is 4.79 Å². The standard InChI is InChI=1S/C22H20ClNO4/c23-17-4-6-19-15(11-17)10-16(13-28-19)22(25)24-7-1-2-18(24)14-3-5-20-21(12-14)27-9-8-26-20/h3-6,10-12,18H,1-2,7-9,13H2/t18-/m0/s1. The van der Waals surface area contributed by atoms with E-state index in [0.29, 0.717) is 23.8 Å². The number of benzene rings is 2. The summed E-state index contributed by atoms with van der Waals surface area (Å²) in [5.74, 6) is 2.29. The lowest BCUT2D eigenvalue weighted by atomic mass is 10.0. The number of halogens is 1. The highest BCUT2D eigenvalue weighted by atomic mass is 35.5. The highest BCUT2D eigenvalue weighted by molar-refractivity contribution is 6.30. The molecule has 28 heavy (non-hydrogen) atoms. The summed E-state index contributed by atoms with van der Waals surface area (Å²) in [7, 11) is 0. The van der Waals surface area contributed by atoms with Gasteiger partial charge in [-0.05, 0) is 54.8 Å². The first-order chi connectivity index (χ1) is 13.7. The molecule has 5 nitrogen and oxygen atoms in total. The molecule has 3 heterocycles. The topological polar surface area (TPSA) is 48.0 Å². The monoisotopic (exact) mass is 397 g/mol. The highest BCUT2D eigenvalue weighted by Crippen LogP contribution is 2.39. The Morgan fingerprint density at radius 1 is 1.00 bits per heavy atom. The van der Waals surface area contributed by atoms with Gasteiger partial charge in [0.15, 0.2) is 11.5 Å². The van der Waals surface area contributed by atoms with Gasteiger partial charge in [0.05, 0.1) is 11.6 Å². The van der Waals surface area contributed by atoms with Crippen molar-refractivity contribution in [3.63, 3.8) is 0 Å². The zero-order valence-electron chi connectivity index (χ0n) is 15.3. The van der Waals surface area contributed by atoms with Crippen LogP contribution in [-0.4, -0.2) is 37.2 Å². The quantitative estimate of drug-likeness (QED) is 0.760. The molecule has 144 valence electrons. The number of rotatable bonds is 2. The maximum atomic E-state index is 13.3. The van der Waals surface area contributed by atoms with E-state index < -0.39 is 0 Å². The molecule has 6 heteroatoms. The van der Waals surface area contributed by atoms with Gasteiger partial charge in [-0.2, -0.15) is 0 Å². The SMILES string of the molecule is O=C(C1=Cc2cc(Cl)ccc2OC1)N1CCC[C@H]1c1ccc2c(c1)OCCO2. The smallest absolute Gasteiger partial charge is 0.253 e. The van der Waals surface area contributed by atoms with Crippen molar-refractivity contribution in [3.8, 4) is 17.2 Å². The Labute approximate surface area is 168 Å². The number of hydrogen-bond donors (Lipinski definition) is 0. The molecular formula is C22H20ClNO4. The third-order valence-electron chi connectivity index (χ3n) is 5.42. The fourth-order valence-electron chi connectivity index (χ4n) is 4.08. The molecule has 0 radical (unpaired) electrons. The second kappa shape index (κ2) is 7.06. The summed E-state index contributed by atoms with van der Waals surface area (Å²) < 4.78 is 17.1. The van der Waals surface area contributed by atoms with E-state index in [2.05, 4.69) is 0 Å². The van der Waals surface area contributed by atoms with E-state index in [-0.39, 0.29) is 18.6 Å². The molecule has 0 bridgehead atoms. The molecule has 3 aliphatic rings. The number of likely N-dealkylation sites (tertiary alicyclic amines) is 1. The predicted octanol–water partition coefficient (Wildman–Crippen LogP) is 4.25. The van der Waals surface area contributed by atoms with Crippen LogP contribution in [0.15, 0.2) is 42.0 Å². The normalized spacial score (nSPS) is 20.2. The molecular weight excluding hydrogens is 378 g/mol. The Hall–Kier alpha value is -2.66. The van der Waals surface area contributed by atoms with Gasteiger partial charge in [0.2, 0.25) is 0 Å². The van der Waals surface area contributed by atoms with E-state index >= 15 is 0 Å². The van der Waals surface area contributed by atoms with Crippen LogP contribution in [0.3, 0.4) is 0 Å². The van der Waals surface area contributed by atoms with E-state index in [1.807, 2.05) is 41.3 Å². The second-order valence-electron chi connectivity index (χ2n) is 7.20. The molecule has 0 saturated carbocycles. The molecule has 3 aliphatic heterocycles. The van der Waals surface area contributed by atoms with Gasteiger partial charge < -0.3 is 19.1 Å². The zero-order valence-corrected chi connectivity index (χ0v) is 16.1. The molecule has 1 atom stereocenters. The molecule has 0 spiro atoms.